The number of hydrogen-bond acceptors (Lipinski definition) is 9. The summed E-state index contributed by atoms with van der Waals surface area (Å²) in [5.74, 6) is -0.199. The summed E-state index contributed by atoms with van der Waals surface area (Å²) >= 11 is 1.32. The molecule has 3 amide bonds. The van der Waals surface area contributed by atoms with Crippen LogP contribution >= 0.6 is 11.3 Å². The van der Waals surface area contributed by atoms with Crippen molar-refractivity contribution in [2.24, 2.45) is 12.0 Å². The number of aromatic nitrogens is 1. The Labute approximate surface area is 282 Å². The van der Waals surface area contributed by atoms with Crippen molar-refractivity contribution in [3.05, 3.63) is 64.8 Å². The molecule has 48 heavy (non-hydrogen) atoms. The Morgan fingerprint density at radius 3 is 2.48 bits per heavy atom. The maximum atomic E-state index is 13.2. The zero-order chi connectivity index (χ0) is 34.2. The van der Waals surface area contributed by atoms with Gasteiger partial charge in [0.15, 0.2) is 11.5 Å². The lowest BCUT2D eigenvalue weighted by atomic mass is 10.1. The number of aryl methyl sites for hydroxylation is 1. The molecule has 4 aromatic rings. The van der Waals surface area contributed by atoms with Crippen molar-refractivity contribution in [1.82, 2.24) is 9.47 Å². The van der Waals surface area contributed by atoms with Crippen LogP contribution in [0.5, 0.6) is 11.5 Å². The summed E-state index contributed by atoms with van der Waals surface area (Å²) in [6, 6.07) is 12.1. The maximum absolute atomic E-state index is 13.2. The first-order chi connectivity index (χ1) is 23.2. The highest BCUT2D eigenvalue weighted by atomic mass is 32.1. The molecule has 0 radical (unpaired) electrons. The summed E-state index contributed by atoms with van der Waals surface area (Å²) in [7, 11) is 4.58. The lowest BCUT2D eigenvalue weighted by molar-refractivity contribution is -0.116. The van der Waals surface area contributed by atoms with Crippen molar-refractivity contribution in [3.63, 3.8) is 0 Å². The number of piperidine rings is 1. The smallest absolute Gasteiger partial charge is 0.348 e. The van der Waals surface area contributed by atoms with Crippen LogP contribution in [0, 0.1) is 0 Å². The molecule has 12 nitrogen and oxygen atoms in total. The highest BCUT2D eigenvalue weighted by molar-refractivity contribution is 7.20. The van der Waals surface area contributed by atoms with Gasteiger partial charge in [-0.3, -0.25) is 19.4 Å². The number of anilines is 2. The third-order valence-corrected chi connectivity index (χ3v) is 9.01. The van der Waals surface area contributed by atoms with Crippen LogP contribution in [0.15, 0.2) is 53.7 Å². The van der Waals surface area contributed by atoms with Crippen LogP contribution in [-0.4, -0.2) is 73.3 Å². The molecule has 13 heteroatoms. The van der Waals surface area contributed by atoms with Gasteiger partial charge in [-0.2, -0.15) is 0 Å². The number of carbonyl (C=O) groups excluding carboxylic acids is 4. The molecule has 1 fully saturated rings. The highest BCUT2D eigenvalue weighted by Crippen LogP contribution is 2.36. The normalized spacial score (nSPS) is 13.0. The number of carbonyl (C=O) groups is 4. The molecule has 2 aromatic heterocycles. The first-order valence-electron chi connectivity index (χ1n) is 15.7. The van der Waals surface area contributed by atoms with E-state index in [0.717, 1.165) is 42.4 Å². The number of thiophene rings is 1. The van der Waals surface area contributed by atoms with Crippen LogP contribution in [0.25, 0.3) is 10.1 Å². The number of amides is 3. The summed E-state index contributed by atoms with van der Waals surface area (Å²) < 4.78 is 18.8. The number of aliphatic imine (C=N–C) groups is 1. The van der Waals surface area contributed by atoms with E-state index in [0.29, 0.717) is 51.1 Å². The Morgan fingerprint density at radius 1 is 0.958 bits per heavy atom. The Morgan fingerprint density at radius 2 is 1.75 bits per heavy atom. The van der Waals surface area contributed by atoms with Crippen molar-refractivity contribution < 1.29 is 33.4 Å². The third kappa shape index (κ3) is 8.03. The van der Waals surface area contributed by atoms with Crippen LogP contribution < -0.4 is 20.1 Å². The standard InChI is InChI=1S/C35H39N5O7S/c1-5-36-26-20-29(28(45-3)19-25(26)34(43)40-13-7-6-8-14-40)47-15-9-10-32(41)37-24-18-27(39(2)21-24)33(42)38-23-11-12-30-22(16-23)17-31(48-30)35(44)46-4/h5,11-12,16-21H,6-10,13-15H2,1-4H3,(H,37,41)(H,38,42)/b36-5-. The van der Waals surface area contributed by atoms with E-state index in [1.54, 1.807) is 67.3 Å². The SMILES string of the molecule is C/C=N\c1cc(OCCCC(=O)Nc2cc(C(=O)Nc3ccc4sc(C(=O)OC)cc4c3)n(C)c2)c(OC)cc1C(=O)N1CCCCC1. The van der Waals surface area contributed by atoms with Crippen LogP contribution in [0.2, 0.25) is 0 Å². The van der Waals surface area contributed by atoms with Gasteiger partial charge < -0.3 is 34.3 Å². The molecule has 0 saturated carbocycles. The summed E-state index contributed by atoms with van der Waals surface area (Å²) in [5.41, 5.74) is 2.39. The predicted octanol–water partition coefficient (Wildman–Crippen LogP) is 6.43. The second-order valence-corrected chi connectivity index (χ2v) is 12.4. The van der Waals surface area contributed by atoms with E-state index in [-0.39, 0.29) is 30.7 Å². The summed E-state index contributed by atoms with van der Waals surface area (Å²) in [6.07, 6.45) is 6.99. The van der Waals surface area contributed by atoms with E-state index in [9.17, 15) is 19.2 Å². The van der Waals surface area contributed by atoms with E-state index >= 15 is 0 Å². The topological polar surface area (TPSA) is 141 Å². The lowest BCUT2D eigenvalue weighted by Gasteiger charge is -2.27. The van der Waals surface area contributed by atoms with E-state index in [2.05, 4.69) is 15.6 Å². The molecule has 0 unspecified atom stereocenters. The number of nitrogens with one attached hydrogen (secondary N) is 2. The van der Waals surface area contributed by atoms with Crippen molar-refractivity contribution in [3.8, 4) is 11.5 Å². The van der Waals surface area contributed by atoms with Gasteiger partial charge in [0, 0.05) is 55.4 Å². The van der Waals surface area contributed by atoms with Crippen molar-refractivity contribution >= 4 is 68.4 Å². The van der Waals surface area contributed by atoms with Gasteiger partial charge in [-0.25, -0.2) is 4.79 Å². The highest BCUT2D eigenvalue weighted by Gasteiger charge is 2.23. The second-order valence-electron chi connectivity index (χ2n) is 11.3. The summed E-state index contributed by atoms with van der Waals surface area (Å²) in [6.45, 7) is 3.47. The number of likely N-dealkylation sites (tertiary alicyclic amines) is 1. The minimum atomic E-state index is -0.406. The Bertz CT molecular complexity index is 1860. The monoisotopic (exact) mass is 673 g/mol. The van der Waals surface area contributed by atoms with Crippen molar-refractivity contribution in [2.45, 2.75) is 39.0 Å². The summed E-state index contributed by atoms with van der Waals surface area (Å²) in [4.78, 5) is 57.7. The largest absolute Gasteiger partial charge is 0.493 e. The molecular weight excluding hydrogens is 634 g/mol. The van der Waals surface area contributed by atoms with Gasteiger partial charge in [0.2, 0.25) is 5.91 Å². The molecular formula is C35H39N5O7S. The van der Waals surface area contributed by atoms with E-state index < -0.39 is 5.97 Å². The predicted molar refractivity (Wildman–Crippen MR) is 186 cm³/mol. The zero-order valence-corrected chi connectivity index (χ0v) is 28.3. The van der Waals surface area contributed by atoms with Crippen LogP contribution in [0.1, 0.15) is 69.5 Å². The first-order valence-corrected chi connectivity index (χ1v) is 16.5. The van der Waals surface area contributed by atoms with Gasteiger partial charge in [0.1, 0.15) is 10.6 Å². The Hall–Kier alpha value is -5.17. The van der Waals surface area contributed by atoms with E-state index in [1.807, 2.05) is 11.0 Å². The maximum Gasteiger partial charge on any atom is 0.348 e. The van der Waals surface area contributed by atoms with Crippen LogP contribution in [0.3, 0.4) is 0 Å². The molecule has 2 N–H and O–H groups in total. The second kappa shape index (κ2) is 15.6. The average molecular weight is 674 g/mol. The first kappa shape index (κ1) is 34.2. The number of esters is 1. The van der Waals surface area contributed by atoms with E-state index in [1.165, 1.54) is 25.6 Å². The molecule has 2 aromatic carbocycles. The fourth-order valence-electron chi connectivity index (χ4n) is 5.52. The molecule has 3 heterocycles. The Kier molecular flexibility index (Phi) is 11.1. The molecule has 1 saturated heterocycles. The number of ether oxygens (including phenoxy) is 3. The fourth-order valence-corrected chi connectivity index (χ4v) is 6.48. The number of rotatable bonds is 12. The molecule has 0 aliphatic carbocycles. The number of methoxy groups -OCH3 is 2. The van der Waals surface area contributed by atoms with Gasteiger partial charge in [-0.15, -0.1) is 11.3 Å². The fraction of sp³-hybridized carbons (Fsp3) is 0.343. The minimum Gasteiger partial charge on any atom is -0.493 e. The minimum absolute atomic E-state index is 0.0752. The van der Waals surface area contributed by atoms with Gasteiger partial charge in [-0.05, 0) is 74.4 Å². The summed E-state index contributed by atoms with van der Waals surface area (Å²) in [5, 5.41) is 6.53. The molecule has 0 bridgehead atoms. The van der Waals surface area contributed by atoms with E-state index in [4.69, 9.17) is 14.2 Å². The number of fused-ring (bicyclic) bond motifs is 1. The van der Waals surface area contributed by atoms with Crippen LogP contribution in [0.4, 0.5) is 17.1 Å². The molecule has 1 aliphatic heterocycles. The third-order valence-electron chi connectivity index (χ3n) is 7.91. The average Bonchev–Trinajstić information content (AvgIpc) is 3.69. The number of benzene rings is 2. The van der Waals surface area contributed by atoms with Crippen LogP contribution in [-0.2, 0) is 16.6 Å². The van der Waals surface area contributed by atoms with Gasteiger partial charge in [-0.1, -0.05) is 0 Å². The van der Waals surface area contributed by atoms with Gasteiger partial charge >= 0.3 is 5.97 Å². The molecule has 0 spiro atoms. The molecule has 5 rings (SSSR count). The van der Waals surface area contributed by atoms with Crippen molar-refractivity contribution in [1.29, 1.82) is 0 Å². The molecule has 0 atom stereocenters. The van der Waals surface area contributed by atoms with Crippen molar-refractivity contribution in [2.75, 3.05) is 44.5 Å². The number of hydrogen-bond donors (Lipinski definition) is 2. The quantitative estimate of drug-likeness (QED) is 0.100. The lowest BCUT2D eigenvalue weighted by Crippen LogP contribution is -2.35. The van der Waals surface area contributed by atoms with Gasteiger partial charge in [0.05, 0.1) is 37.8 Å². The molecule has 1 aliphatic rings. The van der Waals surface area contributed by atoms with Gasteiger partial charge in [0.25, 0.3) is 11.8 Å². The molecule has 252 valence electrons. The zero-order valence-electron chi connectivity index (χ0n) is 27.5. The number of nitrogens with zero attached hydrogens (tertiary/aromatic N) is 3. The Balaban J connectivity index is 1.15.